The molecule has 51 heavy (non-hydrogen) atoms. The maximum absolute atomic E-state index is 14.9. The van der Waals surface area contributed by atoms with E-state index >= 15 is 0 Å². The van der Waals surface area contributed by atoms with Crippen LogP contribution in [0.15, 0.2) is 55.6 Å². The molecule has 1 aromatic rings. The predicted octanol–water partition coefficient (Wildman–Crippen LogP) is 2.86. The van der Waals surface area contributed by atoms with Gasteiger partial charge in [0.05, 0.1) is 49.8 Å². The lowest BCUT2D eigenvalue weighted by molar-refractivity contribution is -0.152. The normalized spacial score (nSPS) is 28.8. The van der Waals surface area contributed by atoms with E-state index in [9.17, 15) is 24.3 Å². The number of amides is 3. The molecule has 4 heterocycles. The number of allylic oxidation sites excluding steroid dienone is 1. The van der Waals surface area contributed by atoms with Gasteiger partial charge in [-0.1, -0.05) is 78.7 Å². The number of hydrogen-bond acceptors (Lipinski definition) is 9. The Morgan fingerprint density at radius 3 is 2.57 bits per heavy atom. The van der Waals surface area contributed by atoms with Crippen LogP contribution in [-0.2, 0) is 33.4 Å². The monoisotopic (exact) mass is 772 g/mol. The predicted molar refractivity (Wildman–Crippen MR) is 195 cm³/mol. The second-order valence-electron chi connectivity index (χ2n) is 14.1. The van der Waals surface area contributed by atoms with Crippen molar-refractivity contribution in [3.8, 4) is 0 Å². The molecule has 1 aromatic carbocycles. The van der Waals surface area contributed by atoms with Crippen LogP contribution < -0.4 is 5.32 Å². The van der Waals surface area contributed by atoms with Crippen LogP contribution in [-0.4, -0.2) is 131 Å². The van der Waals surface area contributed by atoms with E-state index < -0.39 is 53.5 Å². The summed E-state index contributed by atoms with van der Waals surface area (Å²) in [4.78, 5) is 61.8. The molecule has 0 aliphatic carbocycles. The Labute approximate surface area is 309 Å². The Hall–Kier alpha value is -3.10. The van der Waals surface area contributed by atoms with Gasteiger partial charge >= 0.3 is 5.97 Å². The lowest BCUT2D eigenvalue weighted by atomic mass is 9.70. The fraction of sp³-hybridized carbons (Fsp3) is 0.632. The van der Waals surface area contributed by atoms with Gasteiger partial charge in [0.2, 0.25) is 17.7 Å². The third-order valence-corrected chi connectivity index (χ3v) is 11.9. The third kappa shape index (κ3) is 8.12. The molecule has 0 saturated carbocycles. The van der Waals surface area contributed by atoms with Gasteiger partial charge in [-0.25, -0.2) is 0 Å². The van der Waals surface area contributed by atoms with E-state index in [1.807, 2.05) is 44.2 Å². The summed E-state index contributed by atoms with van der Waals surface area (Å²) in [5, 5.41) is 13.8. The van der Waals surface area contributed by atoms with Crippen molar-refractivity contribution in [3.63, 3.8) is 0 Å². The Balaban J connectivity index is 1.47. The Morgan fingerprint density at radius 1 is 1.20 bits per heavy atom. The molecule has 12 nitrogen and oxygen atoms in total. The Kier molecular flexibility index (Phi) is 13.5. The van der Waals surface area contributed by atoms with E-state index in [2.05, 4.69) is 39.3 Å². The molecule has 4 saturated heterocycles. The molecule has 4 fully saturated rings. The molecule has 0 aromatic heterocycles. The van der Waals surface area contributed by atoms with Crippen LogP contribution in [0, 0.1) is 17.8 Å². The molecule has 3 amide bonds. The molecule has 1 unspecified atom stereocenters. The van der Waals surface area contributed by atoms with Crippen molar-refractivity contribution in [1.82, 2.24) is 20.0 Å². The van der Waals surface area contributed by atoms with Crippen LogP contribution in [0.5, 0.6) is 0 Å². The maximum atomic E-state index is 14.9. The van der Waals surface area contributed by atoms with Gasteiger partial charge in [0, 0.05) is 44.0 Å². The maximum Gasteiger partial charge on any atom is 0.306 e. The molecule has 280 valence electrons. The summed E-state index contributed by atoms with van der Waals surface area (Å²) in [7, 11) is 0. The molecule has 4 aliphatic heterocycles. The zero-order valence-electron chi connectivity index (χ0n) is 29.8. The van der Waals surface area contributed by atoms with Gasteiger partial charge < -0.3 is 34.4 Å². The highest BCUT2D eigenvalue weighted by molar-refractivity contribution is 9.09. The number of hydrogen-bond donors (Lipinski definition) is 2. The first kappa shape index (κ1) is 39.1. The summed E-state index contributed by atoms with van der Waals surface area (Å²) in [5.41, 5.74) is -0.561. The Bertz CT molecular complexity index is 1410. The van der Waals surface area contributed by atoms with Crippen molar-refractivity contribution in [1.29, 1.82) is 0 Å². The lowest BCUT2D eigenvalue weighted by Gasteiger charge is -2.41. The van der Waals surface area contributed by atoms with Crippen molar-refractivity contribution in [2.24, 2.45) is 17.8 Å². The van der Waals surface area contributed by atoms with Crippen LogP contribution >= 0.6 is 15.9 Å². The largest absolute Gasteiger partial charge is 0.463 e. The molecule has 5 rings (SSSR count). The number of nitrogens with zero attached hydrogens (tertiary/aromatic N) is 3. The summed E-state index contributed by atoms with van der Waals surface area (Å²) in [6.07, 6.45) is 4.29. The number of fused-ring (bicyclic) bond motifs is 1. The SMILES string of the molecule is C=CCCC(=O)OC[C@H](NC(=O)[C@H]1[C@@H]2O[C@@]3(CC2Br)[C@@H]1C(=O)N([C@@H](CO)[C@@H](C)CC)[C@@H]3C(=O)N(CC=C)CCN1CCOCC1)c1ccccc1. The molecular formula is C38H53BrN4O8. The Morgan fingerprint density at radius 2 is 1.92 bits per heavy atom. The van der Waals surface area contributed by atoms with Gasteiger partial charge in [0.25, 0.3) is 0 Å². The molecule has 13 heteroatoms. The van der Waals surface area contributed by atoms with Gasteiger partial charge in [0.15, 0.2) is 0 Å². The number of halogens is 1. The summed E-state index contributed by atoms with van der Waals surface area (Å²) >= 11 is 3.76. The highest BCUT2D eigenvalue weighted by Crippen LogP contribution is 2.61. The van der Waals surface area contributed by atoms with Gasteiger partial charge in [-0.2, -0.15) is 0 Å². The first-order valence-corrected chi connectivity index (χ1v) is 19.1. The number of aliphatic hydroxyl groups is 1. The number of carbonyl (C=O) groups is 4. The highest BCUT2D eigenvalue weighted by Gasteiger charge is 2.77. The van der Waals surface area contributed by atoms with E-state index in [-0.39, 0.29) is 48.7 Å². The summed E-state index contributed by atoms with van der Waals surface area (Å²) in [6.45, 7) is 15.2. The van der Waals surface area contributed by atoms with Crippen molar-refractivity contribution in [2.45, 2.75) is 74.2 Å². The van der Waals surface area contributed by atoms with Gasteiger partial charge in [-0.3, -0.25) is 24.1 Å². The molecule has 2 N–H and O–H groups in total. The summed E-state index contributed by atoms with van der Waals surface area (Å²) in [5.74, 6) is -3.50. The zero-order chi connectivity index (χ0) is 36.7. The minimum absolute atomic E-state index is 0.0983. The number of ether oxygens (including phenoxy) is 3. The quantitative estimate of drug-likeness (QED) is 0.131. The zero-order valence-corrected chi connectivity index (χ0v) is 31.4. The number of esters is 1. The van der Waals surface area contributed by atoms with Crippen LogP contribution in [0.3, 0.4) is 0 Å². The molecule has 9 atom stereocenters. The number of rotatable bonds is 18. The summed E-state index contributed by atoms with van der Waals surface area (Å²) in [6, 6.07) is 6.82. The van der Waals surface area contributed by atoms with E-state index in [1.165, 1.54) is 0 Å². The van der Waals surface area contributed by atoms with Crippen molar-refractivity contribution in [3.05, 3.63) is 61.2 Å². The molecule has 2 bridgehead atoms. The first-order valence-electron chi connectivity index (χ1n) is 18.2. The third-order valence-electron chi connectivity index (χ3n) is 11.0. The highest BCUT2D eigenvalue weighted by atomic mass is 79.9. The second-order valence-corrected chi connectivity index (χ2v) is 15.2. The van der Waals surface area contributed by atoms with Crippen LogP contribution in [0.2, 0.25) is 0 Å². The van der Waals surface area contributed by atoms with E-state index in [0.29, 0.717) is 45.6 Å². The van der Waals surface area contributed by atoms with Gasteiger partial charge in [-0.15, -0.1) is 13.2 Å². The number of benzene rings is 1. The number of carbonyl (C=O) groups excluding carboxylic acids is 4. The number of alkyl halides is 1. The van der Waals surface area contributed by atoms with Crippen LogP contribution in [0.4, 0.5) is 0 Å². The fourth-order valence-electron chi connectivity index (χ4n) is 8.17. The lowest BCUT2D eigenvalue weighted by Crippen LogP contribution is -2.60. The fourth-order valence-corrected chi connectivity index (χ4v) is 9.11. The smallest absolute Gasteiger partial charge is 0.306 e. The van der Waals surface area contributed by atoms with Crippen molar-refractivity contribution in [2.75, 3.05) is 59.2 Å². The molecule has 0 radical (unpaired) electrons. The minimum atomic E-state index is -1.30. The molecule has 1 spiro atoms. The summed E-state index contributed by atoms with van der Waals surface area (Å²) < 4.78 is 17.8. The number of likely N-dealkylation sites (tertiary alicyclic amines) is 1. The minimum Gasteiger partial charge on any atom is -0.463 e. The van der Waals surface area contributed by atoms with E-state index in [0.717, 1.165) is 18.7 Å². The molecular weight excluding hydrogens is 720 g/mol. The first-order chi connectivity index (χ1) is 24.6. The average Bonchev–Trinajstić information content (AvgIpc) is 3.74. The average molecular weight is 774 g/mol. The van der Waals surface area contributed by atoms with E-state index in [1.54, 1.807) is 22.0 Å². The van der Waals surface area contributed by atoms with Crippen LogP contribution in [0.25, 0.3) is 0 Å². The van der Waals surface area contributed by atoms with Crippen molar-refractivity contribution < 1.29 is 38.5 Å². The van der Waals surface area contributed by atoms with Gasteiger partial charge in [-0.05, 0) is 24.3 Å². The van der Waals surface area contributed by atoms with Crippen molar-refractivity contribution >= 4 is 39.6 Å². The number of morpholine rings is 1. The van der Waals surface area contributed by atoms with Crippen LogP contribution in [0.1, 0.15) is 51.1 Å². The number of aliphatic hydroxyl groups excluding tert-OH is 1. The standard InChI is InChI=1S/C38H53BrN4O8/c1-5-8-14-30(45)50-24-28(26-12-10-9-11-13-26)40-35(46)31-32-36(47)43(29(23-44)25(4)7-3)34(38(32)22-27(39)33(31)51-38)37(48)42(15-6-2)17-16-41-18-20-49-21-19-41/h5-6,9-13,25,27-29,31-34,44H,1-2,7-8,14-24H2,3-4H3,(H,40,46)/t25-,27?,28-,29-,31+,32-,33+,34+,38-/m0/s1. The molecule has 4 aliphatic rings. The topological polar surface area (TPSA) is 138 Å². The second kappa shape index (κ2) is 17.6. The van der Waals surface area contributed by atoms with Gasteiger partial charge in [0.1, 0.15) is 18.2 Å². The van der Waals surface area contributed by atoms with E-state index in [4.69, 9.17) is 14.2 Å². The number of nitrogens with one attached hydrogen (secondary N) is 1.